The Hall–Kier alpha value is -1.83. The number of carboxylic acids is 1. The molecule has 1 atom stereocenters. The van der Waals surface area contributed by atoms with Crippen LogP contribution in [0.3, 0.4) is 0 Å². The minimum atomic E-state index is -1.12. The van der Waals surface area contributed by atoms with E-state index in [4.69, 9.17) is 9.84 Å². The summed E-state index contributed by atoms with van der Waals surface area (Å²) in [5, 5.41) is 13.8. The molecule has 1 rings (SSSR count). The Morgan fingerprint density at radius 2 is 2.11 bits per heavy atom. The Kier molecular flexibility index (Phi) is 5.37. The van der Waals surface area contributed by atoms with Crippen molar-refractivity contribution in [2.75, 3.05) is 32.8 Å². The first-order valence-electron chi connectivity index (χ1n) is 5.68. The second-order valence-electron chi connectivity index (χ2n) is 3.73. The highest BCUT2D eigenvalue weighted by Gasteiger charge is 2.32. The highest BCUT2D eigenvalue weighted by Crippen LogP contribution is 2.07. The minimum Gasteiger partial charge on any atom is -0.480 e. The van der Waals surface area contributed by atoms with E-state index in [1.54, 1.807) is 6.92 Å². The number of carbonyl (C=O) groups excluding carboxylic acids is 2. The fraction of sp³-hybridized carbons (Fsp3) is 0.700. The molecular weight excluding hydrogens is 242 g/mol. The molecule has 1 aliphatic heterocycles. The number of carboxylic acid groups (broad SMARTS) is 1. The number of aliphatic carboxylic acids is 1. The highest BCUT2D eigenvalue weighted by molar-refractivity contribution is 5.86. The number of urea groups is 1. The third-order valence-corrected chi connectivity index (χ3v) is 2.45. The Bertz CT molecular complexity index is 333. The summed E-state index contributed by atoms with van der Waals surface area (Å²) < 4.78 is 5.01. The van der Waals surface area contributed by atoms with Crippen LogP contribution in [0.5, 0.6) is 0 Å². The maximum Gasteiger partial charge on any atom is 0.328 e. The predicted molar refractivity (Wildman–Crippen MR) is 61.0 cm³/mol. The molecule has 8 heteroatoms. The van der Waals surface area contributed by atoms with E-state index in [9.17, 15) is 14.4 Å². The molecule has 0 aliphatic carbocycles. The van der Waals surface area contributed by atoms with Gasteiger partial charge < -0.3 is 25.4 Å². The molecule has 3 N–H and O–H groups in total. The van der Waals surface area contributed by atoms with E-state index in [-0.39, 0.29) is 25.6 Å². The molecule has 0 radical (unpaired) electrons. The monoisotopic (exact) mass is 259 g/mol. The van der Waals surface area contributed by atoms with E-state index < -0.39 is 18.0 Å². The first-order valence-corrected chi connectivity index (χ1v) is 5.68. The van der Waals surface area contributed by atoms with Crippen molar-refractivity contribution in [3.8, 4) is 0 Å². The molecule has 8 nitrogen and oxygen atoms in total. The number of hydrogen-bond donors (Lipinski definition) is 3. The molecule has 102 valence electrons. The zero-order valence-corrected chi connectivity index (χ0v) is 10.1. The van der Waals surface area contributed by atoms with Crippen molar-refractivity contribution < 1.29 is 24.2 Å². The Morgan fingerprint density at radius 3 is 2.72 bits per heavy atom. The van der Waals surface area contributed by atoms with Crippen LogP contribution < -0.4 is 10.6 Å². The van der Waals surface area contributed by atoms with Crippen molar-refractivity contribution in [3.63, 3.8) is 0 Å². The molecular formula is C10H17N3O5. The quantitative estimate of drug-likeness (QED) is 0.576. The van der Waals surface area contributed by atoms with E-state index in [2.05, 4.69) is 10.6 Å². The summed E-state index contributed by atoms with van der Waals surface area (Å²) in [6.07, 6.45) is 0. The Balaban J connectivity index is 2.48. The van der Waals surface area contributed by atoms with E-state index in [0.29, 0.717) is 13.2 Å². The molecule has 1 aliphatic rings. The number of nitrogens with zero attached hydrogens (tertiary/aromatic N) is 1. The van der Waals surface area contributed by atoms with Crippen LogP contribution in [0, 0.1) is 0 Å². The van der Waals surface area contributed by atoms with Crippen LogP contribution in [-0.2, 0) is 14.3 Å². The highest BCUT2D eigenvalue weighted by atomic mass is 16.5. The summed E-state index contributed by atoms with van der Waals surface area (Å²) in [5.74, 6) is -1.44. The summed E-state index contributed by atoms with van der Waals surface area (Å²) in [6.45, 7) is 2.52. The molecule has 3 amide bonds. The molecule has 1 saturated heterocycles. The van der Waals surface area contributed by atoms with Gasteiger partial charge in [0.25, 0.3) is 0 Å². The first kappa shape index (κ1) is 14.2. The maximum atomic E-state index is 11.7. The van der Waals surface area contributed by atoms with Gasteiger partial charge in [-0.2, -0.15) is 0 Å². The summed E-state index contributed by atoms with van der Waals surface area (Å²) in [6, 6.07) is -1.58. The molecule has 0 spiro atoms. The zero-order valence-electron chi connectivity index (χ0n) is 10.1. The van der Waals surface area contributed by atoms with Gasteiger partial charge in [-0.05, 0) is 6.92 Å². The topological polar surface area (TPSA) is 108 Å². The average molecular weight is 259 g/mol. The molecule has 18 heavy (non-hydrogen) atoms. The van der Waals surface area contributed by atoms with Crippen molar-refractivity contribution >= 4 is 17.9 Å². The summed E-state index contributed by atoms with van der Waals surface area (Å²) in [4.78, 5) is 35.0. The van der Waals surface area contributed by atoms with Crippen LogP contribution in [0.4, 0.5) is 4.79 Å². The number of nitrogens with one attached hydrogen (secondary N) is 2. The van der Waals surface area contributed by atoms with Crippen molar-refractivity contribution in [1.29, 1.82) is 0 Å². The van der Waals surface area contributed by atoms with Crippen LogP contribution in [-0.4, -0.2) is 66.8 Å². The molecule has 0 aromatic carbocycles. The van der Waals surface area contributed by atoms with Crippen molar-refractivity contribution in [2.45, 2.75) is 13.0 Å². The lowest BCUT2D eigenvalue weighted by atomic mass is 10.2. The average Bonchev–Trinajstić information content (AvgIpc) is 2.36. The van der Waals surface area contributed by atoms with Gasteiger partial charge in [0, 0.05) is 13.1 Å². The Morgan fingerprint density at radius 1 is 1.39 bits per heavy atom. The van der Waals surface area contributed by atoms with Gasteiger partial charge in [0.2, 0.25) is 5.91 Å². The van der Waals surface area contributed by atoms with Gasteiger partial charge >= 0.3 is 12.0 Å². The van der Waals surface area contributed by atoms with Gasteiger partial charge in [0.05, 0.1) is 19.8 Å². The maximum absolute atomic E-state index is 11.7. The molecule has 1 heterocycles. The lowest BCUT2D eigenvalue weighted by Gasteiger charge is -2.32. The van der Waals surface area contributed by atoms with Gasteiger partial charge in [-0.3, -0.25) is 4.79 Å². The van der Waals surface area contributed by atoms with E-state index in [1.807, 2.05) is 0 Å². The normalized spacial score (nSPS) is 19.2. The largest absolute Gasteiger partial charge is 0.480 e. The predicted octanol–water partition coefficient (Wildman–Crippen LogP) is -1.38. The van der Waals surface area contributed by atoms with Gasteiger partial charge in [0.15, 0.2) is 6.04 Å². The number of amides is 3. The molecule has 1 fully saturated rings. The summed E-state index contributed by atoms with van der Waals surface area (Å²) in [7, 11) is 0. The minimum absolute atomic E-state index is 0.0378. The zero-order chi connectivity index (χ0) is 13.5. The lowest BCUT2D eigenvalue weighted by molar-refractivity contribution is -0.147. The number of ether oxygens (including phenoxy) is 1. The lowest BCUT2D eigenvalue weighted by Crippen LogP contribution is -2.56. The molecule has 0 aromatic heterocycles. The van der Waals surface area contributed by atoms with Gasteiger partial charge in [-0.15, -0.1) is 0 Å². The van der Waals surface area contributed by atoms with Crippen LogP contribution in [0.2, 0.25) is 0 Å². The van der Waals surface area contributed by atoms with Gasteiger partial charge in [-0.25, -0.2) is 9.59 Å². The standard InChI is InChI=1S/C10H17N3O5/c1-2-11-8(14)5-12-10(17)13-3-4-18-6-7(13)9(15)16/h7H,2-6H2,1H3,(H,11,14)(H,12,17)(H,15,16). The van der Waals surface area contributed by atoms with Crippen LogP contribution >= 0.6 is 0 Å². The number of hydrogen-bond acceptors (Lipinski definition) is 4. The van der Waals surface area contributed by atoms with Crippen molar-refractivity contribution in [1.82, 2.24) is 15.5 Å². The third-order valence-electron chi connectivity index (χ3n) is 2.45. The Labute approximate surface area is 104 Å². The number of carbonyl (C=O) groups is 3. The van der Waals surface area contributed by atoms with Crippen LogP contribution in [0.1, 0.15) is 6.92 Å². The fourth-order valence-electron chi connectivity index (χ4n) is 1.57. The number of morpholine rings is 1. The smallest absolute Gasteiger partial charge is 0.328 e. The molecule has 0 aromatic rings. The van der Waals surface area contributed by atoms with Gasteiger partial charge in [-0.1, -0.05) is 0 Å². The molecule has 1 unspecified atom stereocenters. The first-order chi connectivity index (χ1) is 8.56. The van der Waals surface area contributed by atoms with Crippen molar-refractivity contribution in [2.24, 2.45) is 0 Å². The number of likely N-dealkylation sites (N-methyl/N-ethyl adjacent to an activating group) is 1. The molecule has 0 saturated carbocycles. The summed E-state index contributed by atoms with van der Waals surface area (Å²) >= 11 is 0. The van der Waals surface area contributed by atoms with E-state index in [1.165, 1.54) is 0 Å². The van der Waals surface area contributed by atoms with Gasteiger partial charge in [0.1, 0.15) is 0 Å². The molecule has 0 bridgehead atoms. The van der Waals surface area contributed by atoms with Crippen LogP contribution in [0.25, 0.3) is 0 Å². The summed E-state index contributed by atoms with van der Waals surface area (Å²) in [5.41, 5.74) is 0. The second-order valence-corrected chi connectivity index (χ2v) is 3.73. The second kappa shape index (κ2) is 6.80. The van der Waals surface area contributed by atoms with Crippen molar-refractivity contribution in [3.05, 3.63) is 0 Å². The van der Waals surface area contributed by atoms with E-state index >= 15 is 0 Å². The third kappa shape index (κ3) is 3.88. The fourth-order valence-corrected chi connectivity index (χ4v) is 1.57. The van der Waals surface area contributed by atoms with E-state index in [0.717, 1.165) is 4.90 Å². The number of rotatable bonds is 4. The SMILES string of the molecule is CCNC(=O)CNC(=O)N1CCOCC1C(=O)O. The van der Waals surface area contributed by atoms with Crippen LogP contribution in [0.15, 0.2) is 0 Å².